The zero-order valence-electron chi connectivity index (χ0n) is 9.65. The molecule has 0 spiro atoms. The second-order valence-electron chi connectivity index (χ2n) is 3.91. The number of hydrogen-bond acceptors (Lipinski definition) is 3. The van der Waals surface area contributed by atoms with Gasteiger partial charge in [0, 0.05) is 5.56 Å². The smallest absolute Gasteiger partial charge is 0.275 e. The van der Waals surface area contributed by atoms with E-state index in [1.807, 2.05) is 20.8 Å². The maximum atomic E-state index is 11.7. The van der Waals surface area contributed by atoms with E-state index in [2.05, 4.69) is 10.1 Å². The lowest BCUT2D eigenvalue weighted by Crippen LogP contribution is -2.11. The maximum Gasteiger partial charge on any atom is 0.275 e. The van der Waals surface area contributed by atoms with Crippen molar-refractivity contribution in [2.24, 2.45) is 0 Å². The molecule has 2 aromatic heterocycles. The Morgan fingerprint density at radius 2 is 2.31 bits per heavy atom. The predicted octanol–water partition coefficient (Wildman–Crippen LogP) is 1.54. The summed E-state index contributed by atoms with van der Waals surface area (Å²) >= 11 is 0. The number of ether oxygens (including phenoxy) is 1. The van der Waals surface area contributed by atoms with E-state index >= 15 is 0 Å². The molecule has 2 aromatic rings. The van der Waals surface area contributed by atoms with E-state index in [9.17, 15) is 4.79 Å². The topological polar surface area (TPSA) is 59.4 Å². The van der Waals surface area contributed by atoms with Crippen LogP contribution < -0.4 is 10.3 Å². The summed E-state index contributed by atoms with van der Waals surface area (Å²) in [6, 6.07) is 0. The Bertz CT molecular complexity index is 554. The molecule has 0 aliphatic rings. The summed E-state index contributed by atoms with van der Waals surface area (Å²) < 4.78 is 7.09. The van der Waals surface area contributed by atoms with Crippen molar-refractivity contribution in [1.29, 1.82) is 0 Å². The van der Waals surface area contributed by atoms with Crippen LogP contribution in [0.25, 0.3) is 5.52 Å². The van der Waals surface area contributed by atoms with E-state index in [1.165, 1.54) is 6.33 Å². The lowest BCUT2D eigenvalue weighted by Gasteiger charge is -2.07. The maximum absolute atomic E-state index is 11.7. The molecule has 86 valence electrons. The third-order valence-electron chi connectivity index (χ3n) is 2.46. The average Bonchev–Trinajstić information content (AvgIpc) is 2.58. The molecule has 0 bridgehead atoms. The average molecular weight is 221 g/mol. The first-order chi connectivity index (χ1) is 7.65. The van der Waals surface area contributed by atoms with E-state index in [0.29, 0.717) is 12.1 Å². The molecule has 2 rings (SSSR count). The van der Waals surface area contributed by atoms with Crippen LogP contribution in [0.1, 0.15) is 32.3 Å². The summed E-state index contributed by atoms with van der Waals surface area (Å²) in [6.07, 6.45) is 3.14. The lowest BCUT2D eigenvalue weighted by molar-refractivity contribution is 0.336. The van der Waals surface area contributed by atoms with Crippen molar-refractivity contribution in [3.8, 4) is 5.75 Å². The molecule has 0 aliphatic carbocycles. The van der Waals surface area contributed by atoms with Gasteiger partial charge in [-0.05, 0) is 12.8 Å². The van der Waals surface area contributed by atoms with E-state index in [4.69, 9.17) is 4.74 Å². The fraction of sp³-hybridized carbons (Fsp3) is 0.455. The number of H-pyrrole nitrogens is 1. The Morgan fingerprint density at radius 3 is 2.94 bits per heavy atom. The third-order valence-corrected chi connectivity index (χ3v) is 2.46. The van der Waals surface area contributed by atoms with Gasteiger partial charge < -0.3 is 9.72 Å². The second kappa shape index (κ2) is 4.00. The fourth-order valence-corrected chi connectivity index (χ4v) is 1.85. The van der Waals surface area contributed by atoms with Gasteiger partial charge in [-0.15, -0.1) is 0 Å². The highest BCUT2D eigenvalue weighted by atomic mass is 16.5. The normalized spacial score (nSPS) is 11.2. The van der Waals surface area contributed by atoms with Gasteiger partial charge in [-0.1, -0.05) is 13.8 Å². The number of aromatic amines is 1. The van der Waals surface area contributed by atoms with Gasteiger partial charge in [0.1, 0.15) is 17.6 Å². The van der Waals surface area contributed by atoms with Crippen molar-refractivity contribution in [2.75, 3.05) is 6.61 Å². The van der Waals surface area contributed by atoms with Crippen LogP contribution in [0.15, 0.2) is 17.3 Å². The fourth-order valence-electron chi connectivity index (χ4n) is 1.85. The summed E-state index contributed by atoms with van der Waals surface area (Å²) in [5.41, 5.74) is 1.35. The molecule has 0 radical (unpaired) electrons. The largest absolute Gasteiger partial charge is 0.492 e. The van der Waals surface area contributed by atoms with Crippen molar-refractivity contribution < 1.29 is 4.74 Å². The molecule has 0 aliphatic heterocycles. The van der Waals surface area contributed by atoms with Crippen LogP contribution in [0.5, 0.6) is 5.75 Å². The summed E-state index contributed by atoms with van der Waals surface area (Å²) in [4.78, 5) is 14.3. The minimum absolute atomic E-state index is 0.135. The second-order valence-corrected chi connectivity index (χ2v) is 3.91. The van der Waals surface area contributed by atoms with Crippen molar-refractivity contribution in [3.63, 3.8) is 0 Å². The predicted molar refractivity (Wildman–Crippen MR) is 61.1 cm³/mol. The van der Waals surface area contributed by atoms with Crippen molar-refractivity contribution in [2.45, 2.75) is 26.7 Å². The zero-order chi connectivity index (χ0) is 11.7. The van der Waals surface area contributed by atoms with Gasteiger partial charge in [0.05, 0.1) is 12.8 Å². The van der Waals surface area contributed by atoms with Crippen molar-refractivity contribution in [1.82, 2.24) is 14.6 Å². The lowest BCUT2D eigenvalue weighted by atomic mass is 10.0. The summed E-state index contributed by atoms with van der Waals surface area (Å²) in [5, 5.41) is 4.07. The Kier molecular flexibility index (Phi) is 2.68. The Balaban J connectivity index is 2.77. The first-order valence-electron chi connectivity index (χ1n) is 5.36. The molecule has 2 heterocycles. The Hall–Kier alpha value is -1.78. The third kappa shape index (κ3) is 1.58. The number of rotatable bonds is 3. The van der Waals surface area contributed by atoms with Crippen LogP contribution in [-0.2, 0) is 0 Å². The number of nitrogens with zero attached hydrogens (tertiary/aromatic N) is 2. The van der Waals surface area contributed by atoms with Crippen molar-refractivity contribution in [3.05, 3.63) is 28.4 Å². The van der Waals surface area contributed by atoms with Crippen LogP contribution in [0.2, 0.25) is 0 Å². The molecule has 16 heavy (non-hydrogen) atoms. The van der Waals surface area contributed by atoms with Gasteiger partial charge >= 0.3 is 0 Å². The van der Waals surface area contributed by atoms with Crippen LogP contribution in [0.3, 0.4) is 0 Å². The van der Waals surface area contributed by atoms with Gasteiger partial charge in [-0.25, -0.2) is 4.52 Å². The van der Waals surface area contributed by atoms with E-state index in [1.54, 1.807) is 10.7 Å². The van der Waals surface area contributed by atoms with Gasteiger partial charge in [-0.3, -0.25) is 4.79 Å². The van der Waals surface area contributed by atoms with E-state index in [0.717, 1.165) is 11.3 Å². The van der Waals surface area contributed by atoms with Gasteiger partial charge in [0.15, 0.2) is 0 Å². The van der Waals surface area contributed by atoms with E-state index < -0.39 is 0 Å². The quantitative estimate of drug-likeness (QED) is 0.855. The monoisotopic (exact) mass is 221 g/mol. The number of hydrogen-bond donors (Lipinski definition) is 1. The molecule has 0 amide bonds. The molecule has 0 saturated heterocycles. The molecule has 1 N–H and O–H groups in total. The molecular weight excluding hydrogens is 206 g/mol. The molecule has 0 fully saturated rings. The minimum Gasteiger partial charge on any atom is -0.492 e. The molecule has 0 saturated carbocycles. The van der Waals surface area contributed by atoms with Crippen LogP contribution in [-0.4, -0.2) is 21.2 Å². The molecule has 5 nitrogen and oxygen atoms in total. The summed E-state index contributed by atoms with van der Waals surface area (Å²) in [7, 11) is 0. The summed E-state index contributed by atoms with van der Waals surface area (Å²) in [5.74, 6) is 0.957. The van der Waals surface area contributed by atoms with E-state index in [-0.39, 0.29) is 11.5 Å². The first-order valence-corrected chi connectivity index (χ1v) is 5.36. The highest BCUT2D eigenvalue weighted by molar-refractivity contribution is 5.61. The molecular formula is C11H15N3O2. The Morgan fingerprint density at radius 1 is 1.56 bits per heavy atom. The van der Waals surface area contributed by atoms with Gasteiger partial charge in [0.25, 0.3) is 5.56 Å². The summed E-state index contributed by atoms with van der Waals surface area (Å²) in [6.45, 7) is 6.56. The van der Waals surface area contributed by atoms with Gasteiger partial charge in [-0.2, -0.15) is 5.10 Å². The molecule has 0 unspecified atom stereocenters. The molecule has 0 atom stereocenters. The van der Waals surface area contributed by atoms with Gasteiger partial charge in [0.2, 0.25) is 0 Å². The van der Waals surface area contributed by atoms with Crippen LogP contribution in [0, 0.1) is 0 Å². The Labute approximate surface area is 93.1 Å². The van der Waals surface area contributed by atoms with Crippen molar-refractivity contribution >= 4 is 5.52 Å². The number of fused-ring (bicyclic) bond motifs is 1. The number of nitrogens with one attached hydrogen (secondary N) is 1. The van der Waals surface area contributed by atoms with Crippen LogP contribution >= 0.6 is 0 Å². The highest BCUT2D eigenvalue weighted by Crippen LogP contribution is 2.30. The molecule has 0 aromatic carbocycles. The highest BCUT2D eigenvalue weighted by Gasteiger charge is 2.17. The first kappa shape index (κ1) is 10.7. The SMILES string of the molecule is CCOc1cn2nc[nH]c(=O)c2c1C(C)C. The zero-order valence-corrected chi connectivity index (χ0v) is 9.65. The standard InChI is InChI=1S/C11H15N3O2/c1-4-16-8-5-14-10(9(8)7(2)3)11(15)12-6-13-14/h5-7H,4H2,1-3H3,(H,12,13,15). The number of aromatic nitrogens is 3. The van der Waals surface area contributed by atoms with Crippen LogP contribution in [0.4, 0.5) is 0 Å². The minimum atomic E-state index is -0.135. The molecule has 5 heteroatoms.